The van der Waals surface area contributed by atoms with Crippen LogP contribution in [-0.2, 0) is 11.0 Å². The first-order valence-corrected chi connectivity index (χ1v) is 13.3. The summed E-state index contributed by atoms with van der Waals surface area (Å²) in [7, 11) is 0. The van der Waals surface area contributed by atoms with E-state index in [9.17, 15) is 28.2 Å². The molecule has 3 heterocycles. The monoisotopic (exact) mass is 537 g/mol. The Morgan fingerprint density at radius 2 is 1.82 bits per heavy atom. The number of phenolic OH excluding ortho intramolecular Hbond substituents is 1. The predicted octanol–water partition coefficient (Wildman–Crippen LogP) is 2.81. The number of hydrogen-bond donors (Lipinski definition) is 4. The van der Waals surface area contributed by atoms with Crippen LogP contribution in [0.3, 0.4) is 0 Å². The maximum absolute atomic E-state index is 13.0. The number of benzene rings is 1. The molecular formula is C27H38F3N5O3. The fraction of sp³-hybridized carbons (Fsp3) is 0.593. The number of carbonyl (C=O) groups excluding carboxylic acids is 1. The van der Waals surface area contributed by atoms with E-state index in [4.69, 9.17) is 11.5 Å². The van der Waals surface area contributed by atoms with Crippen molar-refractivity contribution in [2.45, 2.75) is 63.8 Å². The van der Waals surface area contributed by atoms with Crippen LogP contribution in [-0.4, -0.2) is 82.2 Å². The van der Waals surface area contributed by atoms with Crippen molar-refractivity contribution in [1.29, 1.82) is 0 Å². The van der Waals surface area contributed by atoms with Crippen LogP contribution in [0.4, 0.5) is 13.2 Å². The fourth-order valence-corrected chi connectivity index (χ4v) is 5.74. The molecule has 2 saturated heterocycles. The zero-order valence-corrected chi connectivity index (χ0v) is 21.8. The number of aliphatic hydroxyl groups excluding tert-OH is 1. The summed E-state index contributed by atoms with van der Waals surface area (Å²) in [6.07, 6.45) is -0.263. The molecule has 3 aliphatic heterocycles. The first-order valence-electron chi connectivity index (χ1n) is 13.3. The number of hydrogen-bond acceptors (Lipinski definition) is 7. The van der Waals surface area contributed by atoms with E-state index in [1.165, 1.54) is 6.07 Å². The Balaban J connectivity index is 1.48. The number of alkyl halides is 3. The molecule has 11 heteroatoms. The molecule has 1 atom stereocenters. The van der Waals surface area contributed by atoms with Gasteiger partial charge in [0.05, 0.1) is 18.2 Å². The highest BCUT2D eigenvalue weighted by Gasteiger charge is 2.33. The van der Waals surface area contributed by atoms with E-state index in [2.05, 4.69) is 9.80 Å². The molecule has 2 fully saturated rings. The number of amides is 1. The van der Waals surface area contributed by atoms with Crippen molar-refractivity contribution in [3.8, 4) is 5.75 Å². The van der Waals surface area contributed by atoms with Gasteiger partial charge in [-0.15, -0.1) is 0 Å². The molecule has 1 amide bonds. The molecule has 0 saturated carbocycles. The second kappa shape index (κ2) is 11.4. The van der Waals surface area contributed by atoms with E-state index in [1.54, 1.807) is 6.92 Å². The third kappa shape index (κ3) is 6.20. The van der Waals surface area contributed by atoms with Crippen molar-refractivity contribution in [3.63, 3.8) is 0 Å². The van der Waals surface area contributed by atoms with Gasteiger partial charge in [-0.2, -0.15) is 13.2 Å². The topological polar surface area (TPSA) is 119 Å². The van der Waals surface area contributed by atoms with Crippen LogP contribution >= 0.6 is 0 Å². The molecule has 8 nitrogen and oxygen atoms in total. The number of aliphatic hydroxyl groups is 1. The Morgan fingerprint density at radius 1 is 1.11 bits per heavy atom. The van der Waals surface area contributed by atoms with E-state index < -0.39 is 17.5 Å². The van der Waals surface area contributed by atoms with Crippen LogP contribution in [0, 0.1) is 0 Å². The summed E-state index contributed by atoms with van der Waals surface area (Å²) in [5.41, 5.74) is 13.8. The minimum atomic E-state index is -4.56. The summed E-state index contributed by atoms with van der Waals surface area (Å²) < 4.78 is 39.0. The molecule has 0 bridgehead atoms. The van der Waals surface area contributed by atoms with Gasteiger partial charge in [0.15, 0.2) is 0 Å². The number of allylic oxidation sites excluding steroid dienone is 2. The summed E-state index contributed by atoms with van der Waals surface area (Å²) in [5.74, 6) is 0.147. The van der Waals surface area contributed by atoms with Gasteiger partial charge in [0.2, 0.25) is 5.91 Å². The van der Waals surface area contributed by atoms with Gasteiger partial charge in [-0.1, -0.05) is 0 Å². The van der Waals surface area contributed by atoms with Gasteiger partial charge in [-0.3, -0.25) is 9.69 Å². The summed E-state index contributed by atoms with van der Waals surface area (Å²) in [6, 6.07) is 2.91. The van der Waals surface area contributed by atoms with Gasteiger partial charge in [0.1, 0.15) is 11.6 Å². The van der Waals surface area contributed by atoms with Crippen molar-refractivity contribution < 1.29 is 28.2 Å². The number of piperidine rings is 2. The summed E-state index contributed by atoms with van der Waals surface area (Å²) >= 11 is 0. The Labute approximate surface area is 221 Å². The fourth-order valence-electron chi connectivity index (χ4n) is 5.74. The lowest BCUT2D eigenvalue weighted by molar-refractivity contribution is -0.137. The van der Waals surface area contributed by atoms with E-state index >= 15 is 0 Å². The van der Waals surface area contributed by atoms with Crippen LogP contribution in [0.1, 0.15) is 56.6 Å². The van der Waals surface area contributed by atoms with Gasteiger partial charge in [0, 0.05) is 43.5 Å². The Bertz CT molecular complexity index is 1100. The zero-order valence-electron chi connectivity index (χ0n) is 21.8. The van der Waals surface area contributed by atoms with Crippen LogP contribution < -0.4 is 11.5 Å². The number of nitrogens with two attached hydrogens (primary N) is 2. The number of halogens is 3. The van der Waals surface area contributed by atoms with Gasteiger partial charge in [-0.25, -0.2) is 0 Å². The van der Waals surface area contributed by atoms with Crippen molar-refractivity contribution in [3.05, 3.63) is 46.3 Å². The smallest absolute Gasteiger partial charge is 0.416 e. The molecule has 1 aromatic carbocycles. The molecule has 6 N–H and O–H groups in total. The van der Waals surface area contributed by atoms with Crippen molar-refractivity contribution >= 4 is 11.6 Å². The van der Waals surface area contributed by atoms with Gasteiger partial charge in [-0.05, 0) is 81.3 Å². The average molecular weight is 538 g/mol. The number of aromatic hydroxyl groups is 1. The lowest BCUT2D eigenvalue weighted by Crippen LogP contribution is -2.53. The first-order chi connectivity index (χ1) is 18.0. The highest BCUT2D eigenvalue weighted by atomic mass is 19.4. The van der Waals surface area contributed by atoms with Crippen molar-refractivity contribution in [2.75, 3.05) is 39.3 Å². The standard InChI is InChI=1S/C27H38F3N5O3/c1-17(25(31)22-7-6-18(14-23(22)37)27(28,29)30)21-5-3-11-35(26(21)32)19-4-2-10-33(15-19)16-24(38)34-12-8-20(36)9-13-34/h6-7,14,19-20,36-37H,2-5,8-13,15-16,31-32H2,1H3/b25-17-. The zero-order chi connectivity index (χ0) is 27.6. The largest absolute Gasteiger partial charge is 0.507 e. The lowest BCUT2D eigenvalue weighted by atomic mass is 9.92. The third-order valence-electron chi connectivity index (χ3n) is 8.01. The van der Waals surface area contributed by atoms with Crippen LogP contribution in [0.25, 0.3) is 5.70 Å². The predicted molar refractivity (Wildman–Crippen MR) is 138 cm³/mol. The molecule has 0 radical (unpaired) electrons. The molecule has 0 aromatic heterocycles. The minimum Gasteiger partial charge on any atom is -0.507 e. The van der Waals surface area contributed by atoms with Crippen LogP contribution in [0.2, 0.25) is 0 Å². The molecule has 3 aliphatic rings. The summed E-state index contributed by atoms with van der Waals surface area (Å²) in [5, 5.41) is 20.0. The second-order valence-electron chi connectivity index (χ2n) is 10.6. The maximum atomic E-state index is 13.0. The molecule has 1 aromatic rings. The second-order valence-corrected chi connectivity index (χ2v) is 10.6. The van der Waals surface area contributed by atoms with Crippen molar-refractivity contribution in [1.82, 2.24) is 14.7 Å². The SMILES string of the molecule is C/C(C1=C(N)N(C2CCCN(CC(=O)N3CCC(O)CC3)C2)CCC1)=C(/N)c1ccc(C(F)(F)F)cc1O. The van der Waals surface area contributed by atoms with Gasteiger partial charge < -0.3 is 31.5 Å². The molecule has 0 aliphatic carbocycles. The maximum Gasteiger partial charge on any atom is 0.416 e. The van der Waals surface area contributed by atoms with E-state index in [0.717, 1.165) is 44.0 Å². The lowest BCUT2D eigenvalue weighted by Gasteiger charge is -2.43. The van der Waals surface area contributed by atoms with Gasteiger partial charge >= 0.3 is 6.18 Å². The van der Waals surface area contributed by atoms with Crippen molar-refractivity contribution in [2.24, 2.45) is 11.5 Å². The number of rotatable bonds is 5. The quantitative estimate of drug-likeness (QED) is 0.456. The molecule has 1 unspecified atom stereocenters. The highest BCUT2D eigenvalue weighted by Crippen LogP contribution is 2.37. The Hall–Kier alpha value is -2.92. The summed E-state index contributed by atoms with van der Waals surface area (Å²) in [6.45, 7) is 5.60. The molecule has 4 rings (SSSR count). The van der Waals surface area contributed by atoms with E-state index in [-0.39, 0.29) is 29.3 Å². The van der Waals surface area contributed by atoms with Crippen LogP contribution in [0.15, 0.2) is 35.2 Å². The molecule has 210 valence electrons. The van der Waals surface area contributed by atoms with E-state index in [1.807, 2.05) is 4.90 Å². The number of phenols is 1. The third-order valence-corrected chi connectivity index (χ3v) is 8.01. The molecule has 0 spiro atoms. The number of nitrogens with zero attached hydrogens (tertiary/aromatic N) is 3. The molecular weight excluding hydrogens is 499 g/mol. The number of carbonyl (C=O) groups is 1. The normalized spacial score (nSPS) is 23.0. The Morgan fingerprint density at radius 3 is 2.47 bits per heavy atom. The highest BCUT2D eigenvalue weighted by molar-refractivity contribution is 5.78. The molecule has 38 heavy (non-hydrogen) atoms. The minimum absolute atomic E-state index is 0.0864. The summed E-state index contributed by atoms with van der Waals surface area (Å²) in [4.78, 5) is 19.0. The van der Waals surface area contributed by atoms with Crippen LogP contribution in [0.5, 0.6) is 5.75 Å². The average Bonchev–Trinajstić information content (AvgIpc) is 2.88. The first kappa shape index (κ1) is 28.1. The van der Waals surface area contributed by atoms with Gasteiger partial charge in [0.25, 0.3) is 0 Å². The Kier molecular flexibility index (Phi) is 8.46. The van der Waals surface area contributed by atoms with E-state index in [0.29, 0.717) is 62.9 Å². The number of likely N-dealkylation sites (tertiary alicyclic amines) is 2.